The van der Waals surface area contributed by atoms with Crippen molar-refractivity contribution < 1.29 is 14.3 Å². The third kappa shape index (κ3) is 4.78. The van der Waals surface area contributed by atoms with E-state index in [9.17, 15) is 9.59 Å². The molecule has 0 bridgehead atoms. The molecule has 6 nitrogen and oxygen atoms in total. The van der Waals surface area contributed by atoms with Crippen molar-refractivity contribution in [1.82, 2.24) is 0 Å². The number of fused-ring (bicyclic) bond motifs is 1. The van der Waals surface area contributed by atoms with E-state index in [1.807, 2.05) is 48.5 Å². The van der Waals surface area contributed by atoms with E-state index in [0.717, 1.165) is 12.8 Å². The van der Waals surface area contributed by atoms with Gasteiger partial charge in [0.05, 0.1) is 5.69 Å². The van der Waals surface area contributed by atoms with Crippen LogP contribution < -0.4 is 20.3 Å². The Morgan fingerprint density at radius 2 is 1.60 bits per heavy atom. The van der Waals surface area contributed by atoms with Crippen LogP contribution in [0.15, 0.2) is 78.9 Å². The van der Waals surface area contributed by atoms with Gasteiger partial charge in [0.25, 0.3) is 5.91 Å². The molecule has 3 aromatic rings. The molecule has 0 spiro atoms. The highest BCUT2D eigenvalue weighted by molar-refractivity contribution is 6.02. The van der Waals surface area contributed by atoms with Crippen molar-refractivity contribution in [1.29, 1.82) is 0 Å². The molecule has 152 valence electrons. The number of anilines is 3. The van der Waals surface area contributed by atoms with Gasteiger partial charge < -0.3 is 20.3 Å². The Bertz CT molecular complexity index is 1020. The third-order valence-electron chi connectivity index (χ3n) is 4.88. The van der Waals surface area contributed by atoms with Gasteiger partial charge in [0.15, 0.2) is 6.61 Å². The lowest BCUT2D eigenvalue weighted by molar-refractivity contribution is -0.121. The molecule has 0 saturated carbocycles. The second-order valence-corrected chi connectivity index (χ2v) is 7.05. The molecule has 0 aliphatic carbocycles. The highest BCUT2D eigenvalue weighted by Gasteiger charge is 2.25. The minimum absolute atomic E-state index is 0.0274. The Morgan fingerprint density at radius 1 is 0.900 bits per heavy atom. The summed E-state index contributed by atoms with van der Waals surface area (Å²) >= 11 is 0. The number of ether oxygens (including phenoxy) is 1. The monoisotopic (exact) mass is 401 g/mol. The molecule has 2 N–H and O–H groups in total. The van der Waals surface area contributed by atoms with Gasteiger partial charge in [0.2, 0.25) is 0 Å². The highest BCUT2D eigenvalue weighted by atomic mass is 16.5. The highest BCUT2D eigenvalue weighted by Crippen LogP contribution is 2.34. The lowest BCUT2D eigenvalue weighted by atomic mass is 10.1. The number of carbonyl (C=O) groups is 2. The number of hydrogen-bond acceptors (Lipinski definition) is 3. The average Bonchev–Trinajstić information content (AvgIpc) is 2.77. The molecule has 3 amide bonds. The van der Waals surface area contributed by atoms with Crippen LogP contribution in [0, 0.1) is 0 Å². The summed E-state index contributed by atoms with van der Waals surface area (Å²) in [6.07, 6.45) is 1.72. The van der Waals surface area contributed by atoms with Crippen LogP contribution >= 0.6 is 0 Å². The minimum atomic E-state index is -0.347. The molecule has 0 saturated heterocycles. The van der Waals surface area contributed by atoms with Gasteiger partial charge in [-0.3, -0.25) is 4.79 Å². The third-order valence-corrected chi connectivity index (χ3v) is 4.88. The topological polar surface area (TPSA) is 70.7 Å². The number of amides is 3. The van der Waals surface area contributed by atoms with Crippen LogP contribution in [0.5, 0.6) is 5.75 Å². The fraction of sp³-hybridized carbons (Fsp3) is 0.167. The first kappa shape index (κ1) is 19.5. The van der Waals surface area contributed by atoms with E-state index in [-0.39, 0.29) is 18.5 Å². The van der Waals surface area contributed by atoms with E-state index >= 15 is 0 Å². The summed E-state index contributed by atoms with van der Waals surface area (Å²) in [5.74, 6) is 0.560. The van der Waals surface area contributed by atoms with Gasteiger partial charge in [-0.2, -0.15) is 0 Å². The van der Waals surface area contributed by atoms with Crippen molar-refractivity contribution in [3.05, 3.63) is 84.4 Å². The molecular formula is C24H23N3O3. The summed E-state index contributed by atoms with van der Waals surface area (Å²) in [5.41, 5.74) is 3.21. The zero-order chi connectivity index (χ0) is 20.8. The van der Waals surface area contributed by atoms with E-state index < -0.39 is 0 Å². The van der Waals surface area contributed by atoms with Crippen LogP contribution in [0.1, 0.15) is 12.0 Å². The van der Waals surface area contributed by atoms with Gasteiger partial charge in [-0.25, -0.2) is 4.79 Å². The first-order valence-electron chi connectivity index (χ1n) is 9.93. The molecule has 6 heteroatoms. The summed E-state index contributed by atoms with van der Waals surface area (Å²) < 4.78 is 5.57. The lowest BCUT2D eigenvalue weighted by Gasteiger charge is -2.30. The van der Waals surface area contributed by atoms with Crippen molar-refractivity contribution in [2.24, 2.45) is 0 Å². The van der Waals surface area contributed by atoms with Crippen molar-refractivity contribution >= 4 is 29.0 Å². The van der Waals surface area contributed by atoms with E-state index in [1.165, 1.54) is 5.56 Å². The standard InChI is InChI=1S/C24H23N3O3/c28-23-17-30-22-14-13-20(26-24(29)25-19-11-5-2-6-12-19)16-21(22)27(23)15-7-10-18-8-3-1-4-9-18/h1-6,8-9,11-14,16H,7,10,15,17H2,(H2,25,26,29). The summed E-state index contributed by atoms with van der Waals surface area (Å²) in [7, 11) is 0. The van der Waals surface area contributed by atoms with Gasteiger partial charge in [0, 0.05) is 17.9 Å². The van der Waals surface area contributed by atoms with Crippen LogP contribution in [0.25, 0.3) is 0 Å². The quantitative estimate of drug-likeness (QED) is 0.630. The Balaban J connectivity index is 1.43. The fourth-order valence-corrected chi connectivity index (χ4v) is 3.43. The van der Waals surface area contributed by atoms with Crippen LogP contribution in [0.2, 0.25) is 0 Å². The molecular weight excluding hydrogens is 378 g/mol. The van der Waals surface area contributed by atoms with Crippen molar-refractivity contribution in [3.8, 4) is 5.75 Å². The van der Waals surface area contributed by atoms with Gasteiger partial charge in [-0.1, -0.05) is 48.5 Å². The molecule has 3 aromatic carbocycles. The van der Waals surface area contributed by atoms with Gasteiger partial charge >= 0.3 is 6.03 Å². The number of carbonyl (C=O) groups excluding carboxylic acids is 2. The van der Waals surface area contributed by atoms with Crippen molar-refractivity contribution in [2.45, 2.75) is 12.8 Å². The first-order valence-corrected chi connectivity index (χ1v) is 9.93. The zero-order valence-electron chi connectivity index (χ0n) is 16.5. The maximum absolute atomic E-state index is 12.5. The number of nitrogens with one attached hydrogen (secondary N) is 2. The van der Waals surface area contributed by atoms with E-state index in [4.69, 9.17) is 4.74 Å². The summed E-state index contributed by atoms with van der Waals surface area (Å²) in [5, 5.41) is 5.60. The maximum Gasteiger partial charge on any atom is 0.323 e. The predicted molar refractivity (Wildman–Crippen MR) is 118 cm³/mol. The molecule has 30 heavy (non-hydrogen) atoms. The molecule has 0 aromatic heterocycles. The smallest absolute Gasteiger partial charge is 0.323 e. The largest absolute Gasteiger partial charge is 0.482 e. The van der Waals surface area contributed by atoms with Gasteiger partial charge in [0.1, 0.15) is 5.75 Å². The molecule has 0 radical (unpaired) electrons. The van der Waals surface area contributed by atoms with Gasteiger partial charge in [-0.05, 0) is 48.7 Å². The minimum Gasteiger partial charge on any atom is -0.482 e. The molecule has 0 fully saturated rings. The average molecular weight is 401 g/mol. The molecule has 1 aliphatic heterocycles. The van der Waals surface area contributed by atoms with E-state index in [1.54, 1.807) is 23.1 Å². The fourth-order valence-electron chi connectivity index (χ4n) is 3.43. The van der Waals surface area contributed by atoms with Crippen LogP contribution in [0.3, 0.4) is 0 Å². The molecule has 0 atom stereocenters. The SMILES string of the molecule is O=C(Nc1ccccc1)Nc1ccc2c(c1)N(CCCc1ccccc1)C(=O)CO2. The second-order valence-electron chi connectivity index (χ2n) is 7.05. The van der Waals surface area contributed by atoms with Crippen LogP contribution in [-0.4, -0.2) is 25.1 Å². The molecule has 4 rings (SSSR count). The number of hydrogen-bond donors (Lipinski definition) is 2. The lowest BCUT2D eigenvalue weighted by Crippen LogP contribution is -2.39. The number of urea groups is 1. The van der Waals surface area contributed by atoms with Crippen LogP contribution in [0.4, 0.5) is 21.9 Å². The Kier molecular flexibility index (Phi) is 5.94. The normalized spacial score (nSPS) is 12.7. The number of benzene rings is 3. The number of nitrogens with zero attached hydrogens (tertiary/aromatic N) is 1. The van der Waals surface area contributed by atoms with Crippen LogP contribution in [-0.2, 0) is 11.2 Å². The maximum atomic E-state index is 12.5. The number of aryl methyl sites for hydroxylation is 1. The molecule has 1 aliphatic rings. The predicted octanol–water partition coefficient (Wildman–Crippen LogP) is 4.69. The number of para-hydroxylation sites is 1. The Morgan fingerprint density at radius 3 is 2.37 bits per heavy atom. The Hall–Kier alpha value is -3.80. The second kappa shape index (κ2) is 9.13. The molecule has 1 heterocycles. The Labute approximate surface area is 175 Å². The number of rotatable bonds is 6. The van der Waals surface area contributed by atoms with Crippen molar-refractivity contribution in [2.75, 3.05) is 28.7 Å². The summed E-state index contributed by atoms with van der Waals surface area (Å²) in [6, 6.07) is 24.4. The molecule has 0 unspecified atom stereocenters. The summed E-state index contributed by atoms with van der Waals surface area (Å²) in [6.45, 7) is 0.614. The first-order chi connectivity index (χ1) is 14.7. The van der Waals surface area contributed by atoms with E-state index in [0.29, 0.717) is 29.4 Å². The zero-order valence-corrected chi connectivity index (χ0v) is 16.5. The van der Waals surface area contributed by atoms with Gasteiger partial charge in [-0.15, -0.1) is 0 Å². The summed E-state index contributed by atoms with van der Waals surface area (Å²) in [4.78, 5) is 26.5. The van der Waals surface area contributed by atoms with Crippen molar-refractivity contribution in [3.63, 3.8) is 0 Å². The van der Waals surface area contributed by atoms with E-state index in [2.05, 4.69) is 22.8 Å².